The van der Waals surface area contributed by atoms with Crippen LogP contribution in [0, 0.1) is 13.8 Å². The molecule has 0 saturated carbocycles. The van der Waals surface area contributed by atoms with Gasteiger partial charge in [0.2, 0.25) is 0 Å². The van der Waals surface area contributed by atoms with Gasteiger partial charge in [-0.05, 0) is 55.8 Å². The fourth-order valence-corrected chi connectivity index (χ4v) is 4.20. The molecule has 0 aliphatic rings. The van der Waals surface area contributed by atoms with Crippen LogP contribution < -0.4 is 10.6 Å². The van der Waals surface area contributed by atoms with Crippen LogP contribution in [0.3, 0.4) is 0 Å². The molecule has 0 radical (unpaired) electrons. The Morgan fingerprint density at radius 3 is 2.66 bits per heavy atom. The van der Waals surface area contributed by atoms with E-state index in [1.165, 1.54) is 7.11 Å². The average Bonchev–Trinajstić information content (AvgIpc) is 2.80. The van der Waals surface area contributed by atoms with Crippen molar-refractivity contribution in [3.63, 3.8) is 0 Å². The molecule has 0 fully saturated rings. The number of aromatic nitrogens is 2. The molecular weight excluding hydrogens is 420 g/mol. The zero-order valence-corrected chi connectivity index (χ0v) is 19.0. The normalized spacial score (nSPS) is 10.8. The molecule has 162 valence electrons. The number of nitrogens with zero attached hydrogens (tertiary/aromatic N) is 2. The predicted octanol–water partition coefficient (Wildman–Crippen LogP) is 5.48. The maximum atomic E-state index is 12.9. The second-order valence-electron chi connectivity index (χ2n) is 7.35. The van der Waals surface area contributed by atoms with Crippen molar-refractivity contribution in [1.29, 1.82) is 0 Å². The van der Waals surface area contributed by atoms with Gasteiger partial charge in [0.15, 0.2) is 5.65 Å². The molecule has 4 rings (SSSR count). The first-order valence-electron chi connectivity index (χ1n) is 10.2. The Hall–Kier alpha value is -3.42. The van der Waals surface area contributed by atoms with E-state index in [1.54, 1.807) is 18.0 Å². The van der Waals surface area contributed by atoms with Crippen molar-refractivity contribution in [2.24, 2.45) is 0 Å². The molecule has 0 bridgehead atoms. The third kappa shape index (κ3) is 4.90. The molecule has 7 heteroatoms. The number of carbonyl (C=O) groups is 1. The van der Waals surface area contributed by atoms with E-state index in [-0.39, 0.29) is 12.6 Å². The summed E-state index contributed by atoms with van der Waals surface area (Å²) in [4.78, 5) is 24.0. The molecule has 1 amide bonds. The minimum absolute atomic E-state index is 0.113. The van der Waals surface area contributed by atoms with Gasteiger partial charge in [0, 0.05) is 34.2 Å². The molecule has 6 nitrogen and oxygen atoms in total. The lowest BCUT2D eigenvalue weighted by Gasteiger charge is -2.17. The minimum Gasteiger partial charge on any atom is -0.364 e. The van der Waals surface area contributed by atoms with E-state index in [4.69, 9.17) is 4.74 Å². The Balaban J connectivity index is 1.81. The average molecular weight is 445 g/mol. The standard InChI is InChI=1S/C25H24N4O2S/c1-16-9-12-22(32-18-7-5-4-6-8-18)21(13-16)29-23-19-11-10-17(2)28-24(19)26-14-20(23)25(30)27-15-31-3/h4-14H,15H2,1-3H3,(H,27,30)(H,26,28,29). The van der Waals surface area contributed by atoms with E-state index in [2.05, 4.69) is 50.9 Å². The molecule has 0 aliphatic carbocycles. The third-order valence-electron chi connectivity index (χ3n) is 4.86. The number of benzene rings is 2. The smallest absolute Gasteiger partial charge is 0.256 e. The lowest BCUT2D eigenvalue weighted by Crippen LogP contribution is -2.26. The Bertz CT molecular complexity index is 1260. The van der Waals surface area contributed by atoms with Crippen LogP contribution in [0.1, 0.15) is 21.6 Å². The number of aryl methyl sites for hydroxylation is 2. The largest absolute Gasteiger partial charge is 0.364 e. The van der Waals surface area contributed by atoms with E-state index in [0.717, 1.165) is 32.1 Å². The molecular formula is C25H24N4O2S. The molecule has 0 saturated heterocycles. The van der Waals surface area contributed by atoms with Crippen LogP contribution in [0.5, 0.6) is 0 Å². The Labute approximate surface area is 191 Å². The van der Waals surface area contributed by atoms with Crippen LogP contribution in [0.2, 0.25) is 0 Å². The highest BCUT2D eigenvalue weighted by atomic mass is 32.2. The molecule has 32 heavy (non-hydrogen) atoms. The van der Waals surface area contributed by atoms with Crippen LogP contribution >= 0.6 is 11.8 Å². The van der Waals surface area contributed by atoms with E-state index in [9.17, 15) is 4.79 Å². The number of carbonyl (C=O) groups excluding carboxylic acids is 1. The summed E-state index contributed by atoms with van der Waals surface area (Å²) >= 11 is 1.66. The van der Waals surface area contributed by atoms with E-state index < -0.39 is 0 Å². The zero-order valence-electron chi connectivity index (χ0n) is 18.2. The van der Waals surface area contributed by atoms with Gasteiger partial charge < -0.3 is 15.4 Å². The van der Waals surface area contributed by atoms with Gasteiger partial charge in [-0.25, -0.2) is 9.97 Å². The van der Waals surface area contributed by atoms with Crippen molar-refractivity contribution < 1.29 is 9.53 Å². The summed E-state index contributed by atoms with van der Waals surface area (Å²) in [7, 11) is 1.53. The maximum absolute atomic E-state index is 12.9. The second kappa shape index (κ2) is 9.80. The first-order valence-corrected chi connectivity index (χ1v) is 11.0. The summed E-state index contributed by atoms with van der Waals surface area (Å²) < 4.78 is 5.01. The number of nitrogens with one attached hydrogen (secondary N) is 2. The summed E-state index contributed by atoms with van der Waals surface area (Å²) in [6, 6.07) is 20.3. The molecule has 2 aromatic heterocycles. The summed E-state index contributed by atoms with van der Waals surface area (Å²) in [5.41, 5.74) is 4.56. The fourth-order valence-electron chi connectivity index (χ4n) is 3.29. The van der Waals surface area contributed by atoms with Crippen molar-refractivity contribution in [3.8, 4) is 0 Å². The monoisotopic (exact) mass is 444 g/mol. The van der Waals surface area contributed by atoms with Gasteiger partial charge in [-0.3, -0.25) is 4.79 Å². The molecule has 2 N–H and O–H groups in total. The fraction of sp³-hybridized carbons (Fsp3) is 0.160. The van der Waals surface area contributed by atoms with Gasteiger partial charge in [0.1, 0.15) is 6.73 Å². The lowest BCUT2D eigenvalue weighted by atomic mass is 10.1. The summed E-state index contributed by atoms with van der Waals surface area (Å²) in [5, 5.41) is 7.05. The third-order valence-corrected chi connectivity index (χ3v) is 5.94. The van der Waals surface area contributed by atoms with Crippen LogP contribution in [0.25, 0.3) is 11.0 Å². The molecule has 0 atom stereocenters. The number of ether oxygens (including phenoxy) is 1. The molecule has 0 aliphatic heterocycles. The van der Waals surface area contributed by atoms with Crippen molar-refractivity contribution in [2.45, 2.75) is 23.6 Å². The SMILES string of the molecule is COCNC(=O)c1cnc2nc(C)ccc2c1Nc1cc(C)ccc1Sc1ccccc1. The molecule has 2 heterocycles. The molecule has 0 spiro atoms. The van der Waals surface area contributed by atoms with Crippen molar-refractivity contribution >= 4 is 40.1 Å². The lowest BCUT2D eigenvalue weighted by molar-refractivity contribution is 0.0873. The summed E-state index contributed by atoms with van der Waals surface area (Å²) in [5.74, 6) is -0.269. The topological polar surface area (TPSA) is 76.1 Å². The first-order chi connectivity index (χ1) is 15.5. The number of pyridine rings is 2. The van der Waals surface area contributed by atoms with Crippen molar-refractivity contribution in [2.75, 3.05) is 19.2 Å². The number of anilines is 2. The second-order valence-corrected chi connectivity index (χ2v) is 8.46. The van der Waals surface area contributed by atoms with Gasteiger partial charge in [0.05, 0.1) is 16.9 Å². The first kappa shape index (κ1) is 21.8. The molecule has 0 unspecified atom stereocenters. The highest BCUT2D eigenvalue weighted by Gasteiger charge is 2.18. The van der Waals surface area contributed by atoms with Gasteiger partial charge >= 0.3 is 0 Å². The highest BCUT2D eigenvalue weighted by molar-refractivity contribution is 7.99. The van der Waals surface area contributed by atoms with Crippen LogP contribution in [-0.4, -0.2) is 29.7 Å². The number of hydrogen-bond acceptors (Lipinski definition) is 6. The number of methoxy groups -OCH3 is 1. The molecule has 4 aromatic rings. The number of fused-ring (bicyclic) bond motifs is 1. The Morgan fingerprint density at radius 1 is 1.06 bits per heavy atom. The number of rotatable bonds is 7. The Kier molecular flexibility index (Phi) is 6.68. The van der Waals surface area contributed by atoms with Crippen LogP contribution in [-0.2, 0) is 4.74 Å². The highest BCUT2D eigenvalue weighted by Crippen LogP contribution is 2.37. The Morgan fingerprint density at radius 2 is 1.88 bits per heavy atom. The van der Waals surface area contributed by atoms with E-state index in [0.29, 0.717) is 16.9 Å². The predicted molar refractivity (Wildman–Crippen MR) is 129 cm³/mol. The van der Waals surface area contributed by atoms with E-state index in [1.807, 2.05) is 44.2 Å². The van der Waals surface area contributed by atoms with E-state index >= 15 is 0 Å². The van der Waals surface area contributed by atoms with Gasteiger partial charge in [-0.2, -0.15) is 0 Å². The van der Waals surface area contributed by atoms with Crippen molar-refractivity contribution in [3.05, 3.63) is 83.7 Å². The van der Waals surface area contributed by atoms with Crippen LogP contribution in [0.4, 0.5) is 11.4 Å². The minimum atomic E-state index is -0.269. The summed E-state index contributed by atoms with van der Waals surface area (Å²) in [6.07, 6.45) is 1.56. The van der Waals surface area contributed by atoms with Gasteiger partial charge in [0.25, 0.3) is 5.91 Å². The maximum Gasteiger partial charge on any atom is 0.256 e. The van der Waals surface area contributed by atoms with Gasteiger partial charge in [-0.1, -0.05) is 36.0 Å². The van der Waals surface area contributed by atoms with Crippen LogP contribution in [0.15, 0.2) is 76.7 Å². The number of hydrogen-bond donors (Lipinski definition) is 2. The zero-order chi connectivity index (χ0) is 22.5. The number of amides is 1. The van der Waals surface area contributed by atoms with Crippen molar-refractivity contribution in [1.82, 2.24) is 15.3 Å². The van der Waals surface area contributed by atoms with Gasteiger partial charge in [-0.15, -0.1) is 0 Å². The summed E-state index contributed by atoms with van der Waals surface area (Å²) in [6.45, 7) is 4.08. The quantitative estimate of drug-likeness (QED) is 0.368. The molecule has 2 aromatic carbocycles.